The van der Waals surface area contributed by atoms with Crippen LogP contribution >= 0.6 is 0 Å². The van der Waals surface area contributed by atoms with E-state index in [0.717, 1.165) is 46.0 Å². The van der Waals surface area contributed by atoms with Crippen molar-refractivity contribution in [2.45, 2.75) is 53.1 Å². The van der Waals surface area contributed by atoms with Gasteiger partial charge in [0.25, 0.3) is 0 Å². The molecule has 3 rings (SSSR count). The zero-order valence-electron chi connectivity index (χ0n) is 18.2. The van der Waals surface area contributed by atoms with E-state index >= 15 is 0 Å². The lowest BCUT2D eigenvalue weighted by Crippen LogP contribution is -2.15. The number of nitrogens with zero attached hydrogens (tertiary/aromatic N) is 2. The SMILES string of the molecule is C=C(/C=C(C)\C(=C/C)c1cnc2cc(NC(=O)C3CC3F)ncc2c1)C(C)CCC. The molecule has 3 unspecified atom stereocenters. The Kier molecular flexibility index (Phi) is 6.80. The lowest BCUT2D eigenvalue weighted by molar-refractivity contribution is -0.117. The van der Waals surface area contributed by atoms with Crippen LogP contribution in [-0.2, 0) is 4.79 Å². The fourth-order valence-electron chi connectivity index (χ4n) is 3.63. The van der Waals surface area contributed by atoms with Gasteiger partial charge in [-0.15, -0.1) is 0 Å². The van der Waals surface area contributed by atoms with Crippen molar-refractivity contribution in [1.82, 2.24) is 9.97 Å². The van der Waals surface area contributed by atoms with Crippen molar-refractivity contribution in [2.75, 3.05) is 5.32 Å². The minimum absolute atomic E-state index is 0.295. The van der Waals surface area contributed by atoms with Gasteiger partial charge >= 0.3 is 0 Å². The number of allylic oxidation sites excluding steroid dienone is 5. The van der Waals surface area contributed by atoms with Gasteiger partial charge in [0.2, 0.25) is 5.91 Å². The van der Waals surface area contributed by atoms with E-state index in [2.05, 4.69) is 54.8 Å². The topological polar surface area (TPSA) is 54.9 Å². The average Bonchev–Trinajstić information content (AvgIpc) is 3.45. The highest BCUT2D eigenvalue weighted by Crippen LogP contribution is 2.34. The van der Waals surface area contributed by atoms with Gasteiger partial charge in [-0.3, -0.25) is 9.78 Å². The van der Waals surface area contributed by atoms with Crippen LogP contribution in [0, 0.1) is 11.8 Å². The third kappa shape index (κ3) is 5.02. The van der Waals surface area contributed by atoms with Crippen LogP contribution in [0.2, 0.25) is 0 Å². The minimum atomic E-state index is -1.03. The van der Waals surface area contributed by atoms with Gasteiger partial charge in [0.05, 0.1) is 11.4 Å². The molecule has 0 spiro atoms. The Morgan fingerprint density at radius 2 is 2.10 bits per heavy atom. The molecule has 0 radical (unpaired) electrons. The Hall–Kier alpha value is -2.82. The van der Waals surface area contributed by atoms with Crippen molar-refractivity contribution in [3.05, 3.63) is 60.0 Å². The summed E-state index contributed by atoms with van der Waals surface area (Å²) < 4.78 is 13.1. The maximum atomic E-state index is 13.1. The fraction of sp³-hybridized carbons (Fsp3) is 0.400. The summed E-state index contributed by atoms with van der Waals surface area (Å²) in [7, 11) is 0. The van der Waals surface area contributed by atoms with Crippen LogP contribution in [0.1, 0.15) is 52.5 Å². The number of rotatable bonds is 8. The molecular formula is C25H30FN3O. The van der Waals surface area contributed by atoms with Gasteiger partial charge in [0.1, 0.15) is 12.0 Å². The molecule has 30 heavy (non-hydrogen) atoms. The van der Waals surface area contributed by atoms with Gasteiger partial charge in [-0.05, 0) is 49.8 Å². The number of pyridine rings is 2. The smallest absolute Gasteiger partial charge is 0.231 e. The maximum absolute atomic E-state index is 13.1. The molecule has 5 heteroatoms. The second-order valence-electron chi connectivity index (χ2n) is 8.13. The summed E-state index contributed by atoms with van der Waals surface area (Å²) in [5.74, 6) is -0.00516. The molecule has 2 aromatic rings. The molecule has 1 amide bonds. The van der Waals surface area contributed by atoms with Crippen molar-refractivity contribution in [1.29, 1.82) is 0 Å². The molecule has 0 bridgehead atoms. The molecule has 158 valence electrons. The quantitative estimate of drug-likeness (QED) is 0.525. The predicted molar refractivity (Wildman–Crippen MR) is 122 cm³/mol. The zero-order chi connectivity index (χ0) is 21.8. The third-order valence-corrected chi connectivity index (χ3v) is 5.65. The van der Waals surface area contributed by atoms with Crippen LogP contribution in [0.25, 0.3) is 16.5 Å². The standard InChI is InChI=1S/C25H30FN3O/c1-6-8-15(3)16(4)9-17(5)20(7-2)18-10-19-14-28-24(12-23(19)27-13-18)29-25(30)21-11-22(21)26/h7,9-10,12-15,21-22H,4,6,8,11H2,1-3,5H3,(H,28,29,30)/b17-9-,20-7+. The van der Waals surface area contributed by atoms with Gasteiger partial charge in [0, 0.05) is 29.4 Å². The number of amides is 1. The molecule has 4 nitrogen and oxygen atoms in total. The summed E-state index contributed by atoms with van der Waals surface area (Å²) in [5, 5.41) is 3.56. The second-order valence-corrected chi connectivity index (χ2v) is 8.13. The Balaban J connectivity index is 1.80. The van der Waals surface area contributed by atoms with E-state index in [1.165, 1.54) is 0 Å². The largest absolute Gasteiger partial charge is 0.310 e. The molecule has 3 atom stereocenters. The Labute approximate surface area is 178 Å². The highest BCUT2D eigenvalue weighted by atomic mass is 19.1. The zero-order valence-corrected chi connectivity index (χ0v) is 18.2. The summed E-state index contributed by atoms with van der Waals surface area (Å²) in [6.07, 6.45) is 9.30. The van der Waals surface area contributed by atoms with Gasteiger partial charge in [0.15, 0.2) is 0 Å². The number of fused-ring (bicyclic) bond motifs is 1. The fourth-order valence-corrected chi connectivity index (χ4v) is 3.63. The van der Waals surface area contributed by atoms with E-state index < -0.39 is 12.1 Å². The highest BCUT2D eigenvalue weighted by molar-refractivity contribution is 5.95. The van der Waals surface area contributed by atoms with Crippen LogP contribution in [0.4, 0.5) is 10.2 Å². The molecule has 2 aromatic heterocycles. The maximum Gasteiger partial charge on any atom is 0.231 e. The van der Waals surface area contributed by atoms with Crippen molar-refractivity contribution in [3.8, 4) is 0 Å². The molecule has 0 saturated heterocycles. The predicted octanol–water partition coefficient (Wildman–Crippen LogP) is 6.27. The summed E-state index contributed by atoms with van der Waals surface area (Å²) >= 11 is 0. The van der Waals surface area contributed by atoms with Gasteiger partial charge < -0.3 is 5.32 Å². The lowest BCUT2D eigenvalue weighted by atomic mass is 9.92. The van der Waals surface area contributed by atoms with Gasteiger partial charge in [-0.2, -0.15) is 0 Å². The third-order valence-electron chi connectivity index (χ3n) is 5.65. The normalized spacial score (nSPS) is 20.2. The monoisotopic (exact) mass is 407 g/mol. The Bertz CT molecular complexity index is 1020. The van der Waals surface area contributed by atoms with E-state index in [9.17, 15) is 9.18 Å². The number of aromatic nitrogens is 2. The average molecular weight is 408 g/mol. The molecule has 0 aliphatic heterocycles. The molecule has 2 heterocycles. The minimum Gasteiger partial charge on any atom is -0.310 e. The molecular weight excluding hydrogens is 377 g/mol. The molecule has 0 aromatic carbocycles. The van der Waals surface area contributed by atoms with E-state index in [0.29, 0.717) is 18.2 Å². The summed E-state index contributed by atoms with van der Waals surface area (Å²) in [6, 6.07) is 3.77. The number of hydrogen-bond acceptors (Lipinski definition) is 3. The van der Waals surface area contributed by atoms with E-state index in [-0.39, 0.29) is 5.91 Å². The number of anilines is 1. The van der Waals surface area contributed by atoms with E-state index in [1.54, 1.807) is 12.3 Å². The summed E-state index contributed by atoms with van der Waals surface area (Å²) in [5.41, 5.74) is 5.12. The number of hydrogen-bond donors (Lipinski definition) is 1. The van der Waals surface area contributed by atoms with Crippen LogP contribution < -0.4 is 5.32 Å². The Morgan fingerprint density at radius 3 is 2.73 bits per heavy atom. The van der Waals surface area contributed by atoms with Gasteiger partial charge in [-0.25, -0.2) is 9.37 Å². The molecule has 1 N–H and O–H groups in total. The number of carbonyl (C=O) groups is 1. The van der Waals surface area contributed by atoms with Crippen molar-refractivity contribution >= 4 is 28.2 Å². The second kappa shape index (κ2) is 9.33. The first kappa shape index (κ1) is 21.9. The van der Waals surface area contributed by atoms with E-state index in [4.69, 9.17) is 0 Å². The van der Waals surface area contributed by atoms with Crippen LogP contribution in [0.3, 0.4) is 0 Å². The number of alkyl halides is 1. The lowest BCUT2D eigenvalue weighted by Gasteiger charge is -2.14. The number of carbonyl (C=O) groups excluding carboxylic acids is 1. The highest BCUT2D eigenvalue weighted by Gasteiger charge is 2.43. The first-order chi connectivity index (χ1) is 14.3. The van der Waals surface area contributed by atoms with E-state index in [1.807, 2.05) is 19.2 Å². The molecule has 1 aliphatic rings. The van der Waals surface area contributed by atoms with Crippen molar-refractivity contribution in [2.24, 2.45) is 11.8 Å². The van der Waals surface area contributed by atoms with Crippen LogP contribution in [0.15, 0.2) is 54.4 Å². The molecule has 1 fully saturated rings. The number of halogens is 1. The molecule has 1 aliphatic carbocycles. The molecule has 1 saturated carbocycles. The Morgan fingerprint density at radius 1 is 1.37 bits per heavy atom. The first-order valence-electron chi connectivity index (χ1n) is 10.6. The first-order valence-corrected chi connectivity index (χ1v) is 10.6. The van der Waals surface area contributed by atoms with Gasteiger partial charge in [-0.1, -0.05) is 44.6 Å². The van der Waals surface area contributed by atoms with Crippen molar-refractivity contribution < 1.29 is 9.18 Å². The summed E-state index contributed by atoms with van der Waals surface area (Å²) in [6.45, 7) is 12.7. The summed E-state index contributed by atoms with van der Waals surface area (Å²) in [4.78, 5) is 20.8. The van der Waals surface area contributed by atoms with Crippen LogP contribution in [-0.4, -0.2) is 22.0 Å². The van der Waals surface area contributed by atoms with Crippen molar-refractivity contribution in [3.63, 3.8) is 0 Å². The number of nitrogens with one attached hydrogen (secondary N) is 1. The van der Waals surface area contributed by atoms with Crippen LogP contribution in [0.5, 0.6) is 0 Å².